The molecule has 2 unspecified atom stereocenters. The molecule has 0 saturated carbocycles. The Labute approximate surface area is 112 Å². The molecule has 2 atom stereocenters. The third-order valence-corrected chi connectivity index (χ3v) is 3.81. The summed E-state index contributed by atoms with van der Waals surface area (Å²) < 4.78 is 5.31. The first-order valence-corrected chi connectivity index (χ1v) is 6.86. The zero-order chi connectivity index (χ0) is 13.1. The summed E-state index contributed by atoms with van der Waals surface area (Å²) >= 11 is 0. The Balaban J connectivity index is 1.63. The first-order valence-electron chi connectivity index (χ1n) is 6.86. The lowest BCUT2D eigenvalue weighted by molar-refractivity contribution is 0.257. The molecule has 0 amide bonds. The van der Waals surface area contributed by atoms with E-state index in [1.54, 1.807) is 12.4 Å². The van der Waals surface area contributed by atoms with Crippen molar-refractivity contribution in [3.63, 3.8) is 0 Å². The highest BCUT2D eigenvalue weighted by atomic mass is 16.5. The van der Waals surface area contributed by atoms with E-state index in [4.69, 9.17) is 4.52 Å². The van der Waals surface area contributed by atoms with Gasteiger partial charge in [0.1, 0.15) is 0 Å². The minimum absolute atomic E-state index is 0.536. The molecule has 1 saturated heterocycles. The second kappa shape index (κ2) is 5.52. The van der Waals surface area contributed by atoms with E-state index >= 15 is 0 Å². The lowest BCUT2D eigenvalue weighted by Crippen LogP contribution is -2.33. The number of rotatable bonds is 4. The topological polar surface area (TPSA) is 79.6 Å². The highest BCUT2D eigenvalue weighted by Gasteiger charge is 2.22. The van der Waals surface area contributed by atoms with Gasteiger partial charge in [-0.15, -0.1) is 0 Å². The SMILES string of the molecule is CC(Cc1nc(-c2ncc[nH]2)no1)C1CCCNC1. The molecular weight excluding hydrogens is 242 g/mol. The normalized spacial score (nSPS) is 21.4. The van der Waals surface area contributed by atoms with E-state index in [0.717, 1.165) is 19.5 Å². The van der Waals surface area contributed by atoms with Gasteiger partial charge in [0.05, 0.1) is 0 Å². The molecular formula is C13H19N5O. The number of imidazole rings is 1. The van der Waals surface area contributed by atoms with Gasteiger partial charge in [0, 0.05) is 18.8 Å². The third kappa shape index (κ3) is 2.84. The Morgan fingerprint density at radius 1 is 1.53 bits per heavy atom. The van der Waals surface area contributed by atoms with Gasteiger partial charge in [0.25, 0.3) is 0 Å². The van der Waals surface area contributed by atoms with Crippen LogP contribution in [-0.4, -0.2) is 33.2 Å². The summed E-state index contributed by atoms with van der Waals surface area (Å²) in [5, 5.41) is 7.41. The summed E-state index contributed by atoms with van der Waals surface area (Å²) in [6.45, 7) is 4.50. The highest BCUT2D eigenvalue weighted by molar-refractivity contribution is 5.40. The smallest absolute Gasteiger partial charge is 0.238 e. The van der Waals surface area contributed by atoms with Crippen molar-refractivity contribution in [1.82, 2.24) is 25.4 Å². The van der Waals surface area contributed by atoms with Crippen LogP contribution in [0.5, 0.6) is 0 Å². The molecule has 0 aliphatic carbocycles. The maximum atomic E-state index is 5.31. The lowest BCUT2D eigenvalue weighted by atomic mass is 9.85. The molecule has 1 fully saturated rings. The molecule has 6 nitrogen and oxygen atoms in total. The summed E-state index contributed by atoms with van der Waals surface area (Å²) in [6.07, 6.45) is 6.81. The minimum atomic E-state index is 0.536. The van der Waals surface area contributed by atoms with Crippen LogP contribution in [0.3, 0.4) is 0 Å². The largest absolute Gasteiger partial charge is 0.342 e. The number of aromatic amines is 1. The van der Waals surface area contributed by atoms with Crippen LogP contribution in [-0.2, 0) is 6.42 Å². The average Bonchev–Trinajstić information content (AvgIpc) is 3.10. The predicted octanol–water partition coefficient (Wildman–Crippen LogP) is 1.64. The van der Waals surface area contributed by atoms with Gasteiger partial charge in [0.2, 0.25) is 11.7 Å². The maximum Gasteiger partial charge on any atom is 0.238 e. The number of nitrogens with zero attached hydrogens (tertiary/aromatic N) is 3. The summed E-state index contributed by atoms with van der Waals surface area (Å²) in [6, 6.07) is 0. The number of aromatic nitrogens is 4. The molecule has 19 heavy (non-hydrogen) atoms. The van der Waals surface area contributed by atoms with Crippen LogP contribution in [0.4, 0.5) is 0 Å². The molecule has 102 valence electrons. The Kier molecular flexibility index (Phi) is 3.59. The van der Waals surface area contributed by atoms with Crippen molar-refractivity contribution >= 4 is 0 Å². The maximum absolute atomic E-state index is 5.31. The fourth-order valence-corrected chi connectivity index (χ4v) is 2.63. The Bertz CT molecular complexity index is 501. The molecule has 2 N–H and O–H groups in total. The molecule has 3 heterocycles. The Morgan fingerprint density at radius 3 is 3.21 bits per heavy atom. The first-order chi connectivity index (χ1) is 9.33. The Morgan fingerprint density at radius 2 is 2.47 bits per heavy atom. The molecule has 6 heteroatoms. The minimum Gasteiger partial charge on any atom is -0.342 e. The molecule has 0 bridgehead atoms. The third-order valence-electron chi connectivity index (χ3n) is 3.81. The summed E-state index contributed by atoms with van der Waals surface area (Å²) in [7, 11) is 0. The summed E-state index contributed by atoms with van der Waals surface area (Å²) in [5.74, 6) is 3.14. The second-order valence-electron chi connectivity index (χ2n) is 5.24. The van der Waals surface area contributed by atoms with Crippen LogP contribution < -0.4 is 5.32 Å². The molecule has 2 aromatic rings. The number of piperidine rings is 1. The van der Waals surface area contributed by atoms with E-state index in [1.165, 1.54) is 12.8 Å². The van der Waals surface area contributed by atoms with Crippen molar-refractivity contribution in [3.05, 3.63) is 18.3 Å². The van der Waals surface area contributed by atoms with Gasteiger partial charge in [-0.2, -0.15) is 4.98 Å². The van der Waals surface area contributed by atoms with Gasteiger partial charge in [-0.1, -0.05) is 12.1 Å². The molecule has 1 aliphatic heterocycles. The van der Waals surface area contributed by atoms with Crippen LogP contribution in [0.2, 0.25) is 0 Å². The highest BCUT2D eigenvalue weighted by Crippen LogP contribution is 2.23. The van der Waals surface area contributed by atoms with Crippen LogP contribution in [0.15, 0.2) is 16.9 Å². The molecule has 3 rings (SSSR count). The monoisotopic (exact) mass is 261 g/mol. The van der Waals surface area contributed by atoms with E-state index in [0.29, 0.717) is 29.4 Å². The van der Waals surface area contributed by atoms with Gasteiger partial charge >= 0.3 is 0 Å². The van der Waals surface area contributed by atoms with Crippen LogP contribution >= 0.6 is 0 Å². The van der Waals surface area contributed by atoms with Gasteiger partial charge < -0.3 is 14.8 Å². The van der Waals surface area contributed by atoms with Crippen LogP contribution in [0.25, 0.3) is 11.6 Å². The molecule has 0 aromatic carbocycles. The van der Waals surface area contributed by atoms with Gasteiger partial charge in [-0.05, 0) is 37.8 Å². The van der Waals surface area contributed by atoms with Crippen LogP contribution in [0.1, 0.15) is 25.7 Å². The van der Waals surface area contributed by atoms with E-state index < -0.39 is 0 Å². The van der Waals surface area contributed by atoms with E-state index in [9.17, 15) is 0 Å². The fourth-order valence-electron chi connectivity index (χ4n) is 2.63. The van der Waals surface area contributed by atoms with Gasteiger partial charge in [0.15, 0.2) is 5.82 Å². The molecule has 2 aromatic heterocycles. The average molecular weight is 261 g/mol. The first kappa shape index (κ1) is 12.3. The van der Waals surface area contributed by atoms with Crippen molar-refractivity contribution in [2.24, 2.45) is 11.8 Å². The molecule has 0 spiro atoms. The quantitative estimate of drug-likeness (QED) is 0.874. The standard InChI is InChI=1S/C13H19N5O/c1-9(10-3-2-4-14-8-10)7-11-17-13(18-19-11)12-15-5-6-16-12/h5-6,9-10,14H,2-4,7-8H2,1H3,(H,15,16). The van der Waals surface area contributed by atoms with E-state index in [2.05, 4.69) is 32.3 Å². The lowest BCUT2D eigenvalue weighted by Gasteiger charge is -2.27. The number of hydrogen-bond donors (Lipinski definition) is 2. The number of H-pyrrole nitrogens is 1. The van der Waals surface area contributed by atoms with Gasteiger partial charge in [-0.3, -0.25) is 0 Å². The van der Waals surface area contributed by atoms with Crippen LogP contribution in [0, 0.1) is 11.8 Å². The Hall–Kier alpha value is -1.69. The number of hydrogen-bond acceptors (Lipinski definition) is 5. The summed E-state index contributed by atoms with van der Waals surface area (Å²) in [4.78, 5) is 11.5. The molecule has 0 radical (unpaired) electrons. The predicted molar refractivity (Wildman–Crippen MR) is 70.3 cm³/mol. The van der Waals surface area contributed by atoms with Crippen molar-refractivity contribution < 1.29 is 4.52 Å². The zero-order valence-electron chi connectivity index (χ0n) is 11.1. The van der Waals surface area contributed by atoms with Crippen molar-refractivity contribution in [2.75, 3.05) is 13.1 Å². The fraction of sp³-hybridized carbons (Fsp3) is 0.615. The van der Waals surface area contributed by atoms with E-state index in [1.807, 2.05) is 0 Å². The van der Waals surface area contributed by atoms with Crippen molar-refractivity contribution in [1.29, 1.82) is 0 Å². The zero-order valence-corrected chi connectivity index (χ0v) is 11.1. The summed E-state index contributed by atoms with van der Waals surface area (Å²) in [5.41, 5.74) is 0. The van der Waals surface area contributed by atoms with Crippen molar-refractivity contribution in [3.8, 4) is 11.6 Å². The van der Waals surface area contributed by atoms with Gasteiger partial charge in [-0.25, -0.2) is 4.98 Å². The number of nitrogens with one attached hydrogen (secondary N) is 2. The molecule has 1 aliphatic rings. The van der Waals surface area contributed by atoms with Crippen molar-refractivity contribution in [2.45, 2.75) is 26.2 Å². The second-order valence-corrected chi connectivity index (χ2v) is 5.24. The van der Waals surface area contributed by atoms with E-state index in [-0.39, 0.29) is 0 Å².